The van der Waals surface area contributed by atoms with Crippen molar-refractivity contribution in [1.82, 2.24) is 10.2 Å². The zero-order valence-electron chi connectivity index (χ0n) is 12.5. The molecule has 1 aliphatic carbocycles. The van der Waals surface area contributed by atoms with Crippen LogP contribution >= 0.6 is 0 Å². The van der Waals surface area contributed by atoms with Crippen molar-refractivity contribution in [2.24, 2.45) is 11.7 Å². The summed E-state index contributed by atoms with van der Waals surface area (Å²) in [6.07, 6.45) is 3.46. The van der Waals surface area contributed by atoms with Crippen LogP contribution in [0.1, 0.15) is 24.8 Å². The number of nitrogens with zero attached hydrogens (tertiary/aromatic N) is 1. The quantitative estimate of drug-likeness (QED) is 0.835. The van der Waals surface area contributed by atoms with E-state index in [4.69, 9.17) is 5.73 Å². The molecule has 1 amide bonds. The molecular weight excluding hydrogens is 269 g/mol. The van der Waals surface area contributed by atoms with Gasteiger partial charge in [-0.2, -0.15) is 0 Å². The third kappa shape index (κ3) is 4.51. The van der Waals surface area contributed by atoms with Crippen molar-refractivity contribution in [2.75, 3.05) is 20.1 Å². The van der Waals surface area contributed by atoms with Crippen LogP contribution in [0.2, 0.25) is 0 Å². The molecule has 1 aromatic carbocycles. The lowest BCUT2D eigenvalue weighted by molar-refractivity contribution is -0.122. The SMILES string of the molecule is CN(CC(=O)NCc1ccc(F)cc1)C1CCCC1CN. The van der Waals surface area contributed by atoms with Gasteiger partial charge in [-0.05, 0) is 50.0 Å². The summed E-state index contributed by atoms with van der Waals surface area (Å²) in [6.45, 7) is 1.49. The van der Waals surface area contributed by atoms with Crippen molar-refractivity contribution in [3.63, 3.8) is 0 Å². The number of hydrogen-bond acceptors (Lipinski definition) is 3. The Morgan fingerprint density at radius 2 is 2.10 bits per heavy atom. The van der Waals surface area contributed by atoms with Crippen LogP contribution in [0.3, 0.4) is 0 Å². The second-order valence-electron chi connectivity index (χ2n) is 5.81. The minimum Gasteiger partial charge on any atom is -0.351 e. The monoisotopic (exact) mass is 293 g/mol. The molecular formula is C16H24FN3O. The van der Waals surface area contributed by atoms with Crippen molar-refractivity contribution in [2.45, 2.75) is 31.8 Å². The maximum atomic E-state index is 12.8. The van der Waals surface area contributed by atoms with Crippen molar-refractivity contribution < 1.29 is 9.18 Å². The molecule has 0 radical (unpaired) electrons. The number of carbonyl (C=O) groups is 1. The van der Waals surface area contributed by atoms with Crippen molar-refractivity contribution >= 4 is 5.91 Å². The Kier molecular flexibility index (Phi) is 5.70. The highest BCUT2D eigenvalue weighted by Gasteiger charge is 2.29. The van der Waals surface area contributed by atoms with E-state index in [1.807, 2.05) is 7.05 Å². The summed E-state index contributed by atoms with van der Waals surface area (Å²) >= 11 is 0. The van der Waals surface area contributed by atoms with Crippen LogP contribution in [0, 0.1) is 11.7 Å². The largest absolute Gasteiger partial charge is 0.351 e. The van der Waals surface area contributed by atoms with Gasteiger partial charge in [-0.25, -0.2) is 4.39 Å². The second kappa shape index (κ2) is 7.52. The lowest BCUT2D eigenvalue weighted by Crippen LogP contribution is -2.43. The second-order valence-corrected chi connectivity index (χ2v) is 5.81. The molecule has 3 N–H and O–H groups in total. The van der Waals surface area contributed by atoms with Gasteiger partial charge in [-0.1, -0.05) is 18.6 Å². The third-order valence-electron chi connectivity index (χ3n) is 4.28. The van der Waals surface area contributed by atoms with E-state index in [2.05, 4.69) is 10.2 Å². The summed E-state index contributed by atoms with van der Waals surface area (Å²) in [5.74, 6) is 0.225. The van der Waals surface area contributed by atoms with Gasteiger partial charge in [-0.15, -0.1) is 0 Å². The Balaban J connectivity index is 1.77. The highest BCUT2D eigenvalue weighted by molar-refractivity contribution is 5.78. The van der Waals surface area contributed by atoms with Crippen molar-refractivity contribution in [3.05, 3.63) is 35.6 Å². The Labute approximate surface area is 125 Å². The number of nitrogens with one attached hydrogen (secondary N) is 1. The lowest BCUT2D eigenvalue weighted by atomic mass is 10.0. The summed E-state index contributed by atoms with van der Waals surface area (Å²) in [7, 11) is 1.98. The molecule has 0 heterocycles. The number of halogens is 1. The zero-order valence-corrected chi connectivity index (χ0v) is 12.5. The van der Waals surface area contributed by atoms with Crippen molar-refractivity contribution in [1.29, 1.82) is 0 Å². The Bertz CT molecular complexity index is 463. The predicted molar refractivity (Wildman–Crippen MR) is 81.1 cm³/mol. The molecule has 4 nitrogen and oxygen atoms in total. The van der Waals surface area contributed by atoms with E-state index in [0.717, 1.165) is 18.4 Å². The average molecular weight is 293 g/mol. The van der Waals surface area contributed by atoms with Gasteiger partial charge in [0.05, 0.1) is 6.54 Å². The number of carbonyl (C=O) groups excluding carboxylic acids is 1. The summed E-state index contributed by atoms with van der Waals surface area (Å²) in [5, 5.41) is 2.87. The topological polar surface area (TPSA) is 58.4 Å². The summed E-state index contributed by atoms with van der Waals surface area (Å²) < 4.78 is 12.8. The molecule has 0 aliphatic heterocycles. The highest BCUT2D eigenvalue weighted by Crippen LogP contribution is 2.28. The molecule has 5 heteroatoms. The van der Waals surface area contributed by atoms with Gasteiger partial charge < -0.3 is 11.1 Å². The molecule has 2 unspecified atom stereocenters. The Morgan fingerprint density at radius 1 is 1.38 bits per heavy atom. The fraction of sp³-hybridized carbons (Fsp3) is 0.562. The van der Waals surface area contributed by atoms with Crippen LogP contribution in [-0.4, -0.2) is 37.0 Å². The normalized spacial score (nSPS) is 21.7. The molecule has 116 valence electrons. The summed E-state index contributed by atoms with van der Waals surface area (Å²) in [6, 6.07) is 6.57. The lowest BCUT2D eigenvalue weighted by Gasteiger charge is -2.28. The first-order valence-corrected chi connectivity index (χ1v) is 7.51. The van der Waals surface area contributed by atoms with E-state index in [1.165, 1.54) is 18.6 Å². The Hall–Kier alpha value is -1.46. The highest BCUT2D eigenvalue weighted by atomic mass is 19.1. The third-order valence-corrected chi connectivity index (χ3v) is 4.28. The van der Waals surface area contributed by atoms with Gasteiger partial charge in [0.15, 0.2) is 0 Å². The first-order chi connectivity index (χ1) is 10.1. The van der Waals surface area contributed by atoms with Crippen LogP contribution in [-0.2, 0) is 11.3 Å². The van der Waals surface area contributed by atoms with Gasteiger partial charge in [0.1, 0.15) is 5.82 Å². The van der Waals surface area contributed by atoms with Gasteiger partial charge in [0, 0.05) is 12.6 Å². The number of benzene rings is 1. The summed E-state index contributed by atoms with van der Waals surface area (Å²) in [5.41, 5.74) is 6.68. The predicted octanol–water partition coefficient (Wildman–Crippen LogP) is 1.50. The van der Waals surface area contributed by atoms with E-state index in [1.54, 1.807) is 12.1 Å². The molecule has 1 aliphatic rings. The fourth-order valence-corrected chi connectivity index (χ4v) is 3.08. The van der Waals surface area contributed by atoms with Crippen LogP contribution in [0.15, 0.2) is 24.3 Å². The van der Waals surface area contributed by atoms with E-state index in [9.17, 15) is 9.18 Å². The molecule has 1 fully saturated rings. The minimum absolute atomic E-state index is 0.00973. The van der Waals surface area contributed by atoms with Gasteiger partial charge in [0.25, 0.3) is 0 Å². The average Bonchev–Trinajstić information content (AvgIpc) is 2.95. The van der Waals surface area contributed by atoms with E-state index < -0.39 is 0 Å². The molecule has 0 spiro atoms. The van der Waals surface area contributed by atoms with Crippen LogP contribution in [0.5, 0.6) is 0 Å². The van der Waals surface area contributed by atoms with Crippen LogP contribution in [0.25, 0.3) is 0 Å². The first-order valence-electron chi connectivity index (χ1n) is 7.51. The standard InChI is InChI=1S/C16H24FN3O/c1-20(15-4-2-3-13(15)9-18)11-16(21)19-10-12-5-7-14(17)8-6-12/h5-8,13,15H,2-4,9-11,18H2,1H3,(H,19,21). The van der Waals surface area contributed by atoms with Gasteiger partial charge in [-0.3, -0.25) is 9.69 Å². The Morgan fingerprint density at radius 3 is 2.76 bits per heavy atom. The van der Waals surface area contributed by atoms with Crippen LogP contribution in [0.4, 0.5) is 4.39 Å². The number of likely N-dealkylation sites (N-methyl/N-ethyl adjacent to an activating group) is 1. The minimum atomic E-state index is -0.265. The number of hydrogen-bond donors (Lipinski definition) is 2. The maximum Gasteiger partial charge on any atom is 0.234 e. The fourth-order valence-electron chi connectivity index (χ4n) is 3.08. The summed E-state index contributed by atoms with van der Waals surface area (Å²) in [4.78, 5) is 14.1. The van der Waals surface area contributed by atoms with Crippen LogP contribution < -0.4 is 11.1 Å². The van der Waals surface area contributed by atoms with Crippen molar-refractivity contribution in [3.8, 4) is 0 Å². The maximum absolute atomic E-state index is 12.8. The molecule has 1 aromatic rings. The van der Waals surface area contributed by atoms with Gasteiger partial charge in [0.2, 0.25) is 5.91 Å². The van der Waals surface area contributed by atoms with Gasteiger partial charge >= 0.3 is 0 Å². The molecule has 1 saturated carbocycles. The van der Waals surface area contributed by atoms with E-state index in [-0.39, 0.29) is 11.7 Å². The number of nitrogens with two attached hydrogens (primary N) is 1. The molecule has 0 saturated heterocycles. The van der Waals surface area contributed by atoms with E-state index >= 15 is 0 Å². The molecule has 2 rings (SSSR count). The molecule has 2 atom stereocenters. The molecule has 0 bridgehead atoms. The van der Waals surface area contributed by atoms with E-state index in [0.29, 0.717) is 31.6 Å². The zero-order chi connectivity index (χ0) is 15.2. The molecule has 0 aromatic heterocycles. The number of rotatable bonds is 6. The smallest absolute Gasteiger partial charge is 0.234 e. The first kappa shape index (κ1) is 15.9. The molecule has 21 heavy (non-hydrogen) atoms. The number of amides is 1.